The summed E-state index contributed by atoms with van der Waals surface area (Å²) >= 11 is 0. The van der Waals surface area contributed by atoms with E-state index in [-0.39, 0.29) is 27.4 Å². The van der Waals surface area contributed by atoms with E-state index >= 15 is 0 Å². The lowest BCUT2D eigenvalue weighted by atomic mass is 10.0. The number of benzene rings is 3. The summed E-state index contributed by atoms with van der Waals surface area (Å²) in [5.74, 6) is -1.95. The number of nitrogens with one attached hydrogen (secondary N) is 2. The molecule has 1 aromatic heterocycles. The first-order chi connectivity index (χ1) is 15.9. The number of hydrogen-bond acceptors (Lipinski definition) is 4. The highest BCUT2D eigenvalue weighted by molar-refractivity contribution is 6.13. The first-order valence-corrected chi connectivity index (χ1v) is 10.7. The zero-order valence-corrected chi connectivity index (χ0v) is 18.0. The Bertz CT molecular complexity index is 1420. The van der Waals surface area contributed by atoms with Crippen molar-refractivity contribution in [1.82, 2.24) is 9.88 Å². The van der Waals surface area contributed by atoms with Crippen LogP contribution >= 0.6 is 0 Å². The van der Waals surface area contributed by atoms with Crippen molar-refractivity contribution < 1.29 is 13.6 Å². The van der Waals surface area contributed by atoms with Gasteiger partial charge in [0.25, 0.3) is 5.91 Å². The van der Waals surface area contributed by atoms with Gasteiger partial charge in [0, 0.05) is 48.3 Å². The number of rotatable bonds is 3. The second kappa shape index (κ2) is 8.29. The molecule has 168 valence electrons. The fraction of sp³-hybridized carbons (Fsp3) is 0.200. The maximum Gasteiger partial charge on any atom is 0.257 e. The summed E-state index contributed by atoms with van der Waals surface area (Å²) < 4.78 is 28.6. The second-order valence-corrected chi connectivity index (χ2v) is 8.28. The van der Waals surface area contributed by atoms with Gasteiger partial charge in [-0.25, -0.2) is 8.78 Å². The lowest BCUT2D eigenvalue weighted by Crippen LogP contribution is -2.44. The van der Waals surface area contributed by atoms with Crippen LogP contribution in [0, 0.1) is 11.6 Å². The molecule has 0 aliphatic carbocycles. The highest BCUT2D eigenvalue weighted by Crippen LogP contribution is 2.24. The fourth-order valence-electron chi connectivity index (χ4n) is 4.23. The highest BCUT2D eigenvalue weighted by atomic mass is 19.1. The van der Waals surface area contributed by atoms with Crippen molar-refractivity contribution in [3.63, 3.8) is 0 Å². The van der Waals surface area contributed by atoms with Crippen molar-refractivity contribution >= 4 is 39.1 Å². The number of H-pyrrole nitrogens is 1. The molecule has 0 radical (unpaired) electrons. The first-order valence-electron chi connectivity index (χ1n) is 10.7. The van der Waals surface area contributed by atoms with Gasteiger partial charge in [-0.1, -0.05) is 6.07 Å². The number of nitrogens with zero attached hydrogens (tertiary/aromatic N) is 2. The molecule has 3 aromatic carbocycles. The lowest BCUT2D eigenvalue weighted by Gasteiger charge is -2.34. The molecule has 1 aliphatic heterocycles. The molecule has 5 rings (SSSR count). The van der Waals surface area contributed by atoms with Crippen LogP contribution in [0.3, 0.4) is 0 Å². The standard InChI is InChI=1S/C25H22F2N4O2/c1-30-9-11-31(12-10-30)17-7-5-16(6-8-17)28-25(33)20-14-15(26)13-19-22(20)29-23-18(24(19)32)3-2-4-21(23)27/h2-8,13-14H,9-12H2,1H3,(H,28,33)(H,29,32). The molecule has 1 amide bonds. The smallest absolute Gasteiger partial charge is 0.257 e. The second-order valence-electron chi connectivity index (χ2n) is 8.28. The van der Waals surface area contributed by atoms with Gasteiger partial charge in [0.1, 0.15) is 11.6 Å². The molecule has 0 saturated carbocycles. The number of aromatic amines is 1. The average molecular weight is 448 g/mol. The number of carbonyl (C=O) groups excluding carboxylic acids is 1. The summed E-state index contributed by atoms with van der Waals surface area (Å²) in [6.07, 6.45) is 0. The van der Waals surface area contributed by atoms with Crippen LogP contribution in [0.1, 0.15) is 10.4 Å². The number of piperazine rings is 1. The Labute approximate surface area is 188 Å². The molecule has 1 saturated heterocycles. The summed E-state index contributed by atoms with van der Waals surface area (Å²) in [5, 5.41) is 2.83. The van der Waals surface area contributed by atoms with Gasteiger partial charge in [-0.2, -0.15) is 0 Å². The number of amides is 1. The van der Waals surface area contributed by atoms with Gasteiger partial charge in [0.05, 0.1) is 16.6 Å². The van der Waals surface area contributed by atoms with Gasteiger partial charge < -0.3 is 20.1 Å². The van der Waals surface area contributed by atoms with E-state index in [1.807, 2.05) is 12.1 Å². The molecule has 6 nitrogen and oxygen atoms in total. The van der Waals surface area contributed by atoms with Crippen molar-refractivity contribution in [3.8, 4) is 0 Å². The first kappa shape index (κ1) is 21.1. The predicted molar refractivity (Wildman–Crippen MR) is 126 cm³/mol. The van der Waals surface area contributed by atoms with Crippen LogP contribution in [-0.2, 0) is 0 Å². The zero-order chi connectivity index (χ0) is 23.1. The molecule has 8 heteroatoms. The van der Waals surface area contributed by atoms with Gasteiger partial charge in [0.15, 0.2) is 5.43 Å². The van der Waals surface area contributed by atoms with Crippen molar-refractivity contribution in [2.45, 2.75) is 0 Å². The Morgan fingerprint density at radius 3 is 2.39 bits per heavy atom. The van der Waals surface area contributed by atoms with Gasteiger partial charge >= 0.3 is 0 Å². The lowest BCUT2D eigenvalue weighted by molar-refractivity contribution is 0.102. The molecule has 1 aliphatic rings. The third kappa shape index (κ3) is 3.93. The van der Waals surface area contributed by atoms with E-state index in [0.29, 0.717) is 5.69 Å². The minimum absolute atomic E-state index is 0.0105. The average Bonchev–Trinajstić information content (AvgIpc) is 2.81. The van der Waals surface area contributed by atoms with Crippen LogP contribution in [0.25, 0.3) is 21.8 Å². The van der Waals surface area contributed by atoms with Crippen LogP contribution in [0.5, 0.6) is 0 Å². The van der Waals surface area contributed by atoms with E-state index in [4.69, 9.17) is 0 Å². The summed E-state index contributed by atoms with van der Waals surface area (Å²) in [7, 11) is 2.09. The Balaban J connectivity index is 1.48. The minimum Gasteiger partial charge on any atom is -0.369 e. The molecular formula is C25H22F2N4O2. The Hall–Kier alpha value is -3.78. The van der Waals surface area contributed by atoms with Crippen LogP contribution in [-0.4, -0.2) is 49.0 Å². The van der Waals surface area contributed by atoms with Gasteiger partial charge in [-0.3, -0.25) is 9.59 Å². The highest BCUT2D eigenvalue weighted by Gasteiger charge is 2.18. The van der Waals surface area contributed by atoms with Crippen LogP contribution in [0.15, 0.2) is 59.4 Å². The number of pyridine rings is 1. The quantitative estimate of drug-likeness (QED) is 0.466. The molecule has 2 heterocycles. The Morgan fingerprint density at radius 1 is 0.939 bits per heavy atom. The number of hydrogen-bond donors (Lipinski definition) is 2. The third-order valence-corrected chi connectivity index (χ3v) is 6.09. The number of para-hydroxylation sites is 1. The number of aromatic nitrogens is 1. The topological polar surface area (TPSA) is 68.4 Å². The summed E-state index contributed by atoms with van der Waals surface area (Å²) in [6.45, 7) is 3.82. The zero-order valence-electron chi connectivity index (χ0n) is 18.0. The number of anilines is 2. The number of fused-ring (bicyclic) bond motifs is 2. The number of carbonyl (C=O) groups is 1. The van der Waals surface area contributed by atoms with Crippen molar-refractivity contribution in [2.24, 2.45) is 0 Å². The number of likely N-dealkylation sites (N-methyl/N-ethyl adjacent to an activating group) is 1. The van der Waals surface area contributed by atoms with E-state index in [1.54, 1.807) is 12.1 Å². The van der Waals surface area contributed by atoms with Crippen molar-refractivity contribution in [1.29, 1.82) is 0 Å². The maximum atomic E-state index is 14.3. The largest absolute Gasteiger partial charge is 0.369 e. The molecule has 0 bridgehead atoms. The molecule has 0 unspecified atom stereocenters. The van der Waals surface area contributed by atoms with Gasteiger partial charge in [-0.15, -0.1) is 0 Å². The molecule has 33 heavy (non-hydrogen) atoms. The van der Waals surface area contributed by atoms with E-state index in [2.05, 4.69) is 27.1 Å². The molecule has 2 N–H and O–H groups in total. The Morgan fingerprint density at radius 2 is 1.67 bits per heavy atom. The van der Waals surface area contributed by atoms with Crippen LogP contribution < -0.4 is 15.6 Å². The predicted octanol–water partition coefficient (Wildman–Crippen LogP) is 3.96. The van der Waals surface area contributed by atoms with Crippen LogP contribution in [0.4, 0.5) is 20.2 Å². The van der Waals surface area contributed by atoms with E-state index in [1.165, 1.54) is 18.2 Å². The van der Waals surface area contributed by atoms with Gasteiger partial charge in [0.2, 0.25) is 0 Å². The summed E-state index contributed by atoms with van der Waals surface area (Å²) in [5.41, 5.74) is 1.05. The number of halogens is 2. The van der Waals surface area contributed by atoms with Crippen molar-refractivity contribution in [2.75, 3.05) is 43.4 Å². The molecule has 4 aromatic rings. The summed E-state index contributed by atoms with van der Waals surface area (Å²) in [4.78, 5) is 33.2. The minimum atomic E-state index is -0.723. The van der Waals surface area contributed by atoms with E-state index in [0.717, 1.165) is 44.0 Å². The van der Waals surface area contributed by atoms with E-state index in [9.17, 15) is 18.4 Å². The van der Waals surface area contributed by atoms with Gasteiger partial charge in [-0.05, 0) is 55.6 Å². The third-order valence-electron chi connectivity index (χ3n) is 6.09. The monoisotopic (exact) mass is 448 g/mol. The summed E-state index contributed by atoms with van der Waals surface area (Å²) in [6, 6.07) is 13.6. The van der Waals surface area contributed by atoms with Crippen molar-refractivity contribution in [3.05, 3.63) is 82.0 Å². The Kier molecular flexibility index (Phi) is 5.30. The van der Waals surface area contributed by atoms with Crippen LogP contribution in [0.2, 0.25) is 0 Å². The SMILES string of the molecule is CN1CCN(c2ccc(NC(=O)c3cc(F)cc4c(=O)c5cccc(F)c5[nH]c34)cc2)CC1. The molecule has 0 spiro atoms. The van der Waals surface area contributed by atoms with E-state index < -0.39 is 23.0 Å². The maximum absolute atomic E-state index is 14.3. The molecular weight excluding hydrogens is 426 g/mol. The fourth-order valence-corrected chi connectivity index (χ4v) is 4.23. The molecule has 1 fully saturated rings. The normalized spacial score (nSPS) is 14.7. The molecule has 0 atom stereocenters.